The molecule has 1 amide bonds. The van der Waals surface area contributed by atoms with Crippen LogP contribution >= 0.6 is 0 Å². The van der Waals surface area contributed by atoms with E-state index in [0.29, 0.717) is 28.5 Å². The molecular formula is C24H24N4O5. The van der Waals surface area contributed by atoms with Crippen LogP contribution in [0.3, 0.4) is 0 Å². The molecule has 1 atom stereocenters. The quantitative estimate of drug-likeness (QED) is 0.623. The number of aliphatic hydroxyl groups excluding tert-OH is 1. The van der Waals surface area contributed by atoms with Crippen LogP contribution in [0.4, 0.5) is 5.69 Å². The van der Waals surface area contributed by atoms with Gasteiger partial charge in [-0.25, -0.2) is 4.98 Å². The number of hydrogen-bond donors (Lipinski definition) is 1. The zero-order valence-electron chi connectivity index (χ0n) is 19.0. The number of nitrogens with zero attached hydrogens (tertiary/aromatic N) is 4. The van der Waals surface area contributed by atoms with Gasteiger partial charge in [-0.2, -0.15) is 4.98 Å². The van der Waals surface area contributed by atoms with Crippen molar-refractivity contribution in [2.45, 2.75) is 33.7 Å². The maximum absolute atomic E-state index is 13.3. The SMILES string of the molecule is COc1ncccc1C1C(C(=O)C(C)(C)C)=C(O)C(=O)N1c1ccc(-c2nc(C)no2)cc1. The molecule has 2 aromatic heterocycles. The minimum atomic E-state index is -0.913. The minimum Gasteiger partial charge on any atom is -0.503 e. The smallest absolute Gasteiger partial charge is 0.294 e. The third-order valence-corrected chi connectivity index (χ3v) is 5.34. The summed E-state index contributed by atoms with van der Waals surface area (Å²) in [6.07, 6.45) is 1.56. The fraction of sp³-hybridized carbons (Fsp3) is 0.292. The number of benzene rings is 1. The molecule has 33 heavy (non-hydrogen) atoms. The molecule has 9 heteroatoms. The Hall–Kier alpha value is -4.01. The Morgan fingerprint density at radius 3 is 2.45 bits per heavy atom. The van der Waals surface area contributed by atoms with Crippen LogP contribution in [0.15, 0.2) is 58.5 Å². The van der Waals surface area contributed by atoms with Gasteiger partial charge < -0.3 is 14.4 Å². The van der Waals surface area contributed by atoms with Crippen LogP contribution < -0.4 is 9.64 Å². The zero-order valence-corrected chi connectivity index (χ0v) is 19.0. The number of hydrogen-bond acceptors (Lipinski definition) is 8. The van der Waals surface area contributed by atoms with Crippen molar-refractivity contribution in [1.29, 1.82) is 0 Å². The highest BCUT2D eigenvalue weighted by Crippen LogP contribution is 2.45. The minimum absolute atomic E-state index is 0.00963. The van der Waals surface area contributed by atoms with Crippen molar-refractivity contribution in [1.82, 2.24) is 15.1 Å². The maximum Gasteiger partial charge on any atom is 0.294 e. The van der Waals surface area contributed by atoms with E-state index in [9.17, 15) is 14.7 Å². The van der Waals surface area contributed by atoms with E-state index in [2.05, 4.69) is 15.1 Å². The second kappa shape index (κ2) is 8.16. The standard InChI is InChI=1S/C24H24N4O5/c1-13-26-21(33-27-13)14-8-10-15(11-9-14)28-18(16-7-6-12-25-22(16)32-5)17(19(29)23(28)31)20(30)24(2,3)4/h6-12,18,29H,1-5H3. The predicted octanol–water partition coefficient (Wildman–Crippen LogP) is 3.96. The lowest BCUT2D eigenvalue weighted by atomic mass is 9.82. The molecule has 170 valence electrons. The molecular weight excluding hydrogens is 424 g/mol. The second-order valence-corrected chi connectivity index (χ2v) is 8.71. The zero-order chi connectivity index (χ0) is 23.9. The number of anilines is 1. The Labute approximate surface area is 190 Å². The number of carbonyl (C=O) groups excluding carboxylic acids is 2. The summed E-state index contributed by atoms with van der Waals surface area (Å²) >= 11 is 0. The summed E-state index contributed by atoms with van der Waals surface area (Å²) in [5, 5.41) is 14.6. The Kier molecular flexibility index (Phi) is 5.49. The number of rotatable bonds is 5. The van der Waals surface area contributed by atoms with Crippen molar-refractivity contribution in [3.05, 3.63) is 65.3 Å². The highest BCUT2D eigenvalue weighted by Gasteiger charge is 2.47. The number of aryl methyl sites for hydroxylation is 1. The van der Waals surface area contributed by atoms with Crippen molar-refractivity contribution in [2.75, 3.05) is 12.0 Å². The monoisotopic (exact) mass is 448 g/mol. The number of Topliss-reactive ketones (excluding diaryl/α,β-unsaturated/α-hetero) is 1. The van der Waals surface area contributed by atoms with Crippen molar-refractivity contribution in [3.63, 3.8) is 0 Å². The number of carbonyl (C=O) groups is 2. The van der Waals surface area contributed by atoms with E-state index in [0.717, 1.165) is 0 Å². The van der Waals surface area contributed by atoms with Gasteiger partial charge in [0.2, 0.25) is 5.88 Å². The van der Waals surface area contributed by atoms with Gasteiger partial charge in [-0.15, -0.1) is 0 Å². The summed E-state index contributed by atoms with van der Waals surface area (Å²) in [6.45, 7) is 6.93. The predicted molar refractivity (Wildman–Crippen MR) is 120 cm³/mol. The normalized spacial score (nSPS) is 16.5. The number of amides is 1. The first-order valence-corrected chi connectivity index (χ1v) is 10.3. The summed E-state index contributed by atoms with van der Waals surface area (Å²) in [4.78, 5) is 36.4. The Morgan fingerprint density at radius 2 is 1.88 bits per heavy atom. The summed E-state index contributed by atoms with van der Waals surface area (Å²) in [5.74, 6) is -0.493. The maximum atomic E-state index is 13.3. The molecule has 3 aromatic rings. The third kappa shape index (κ3) is 3.86. The van der Waals surface area contributed by atoms with Crippen LogP contribution in [0.2, 0.25) is 0 Å². The summed E-state index contributed by atoms with van der Waals surface area (Å²) in [6, 6.07) is 9.35. The Bertz CT molecular complexity index is 1250. The lowest BCUT2D eigenvalue weighted by Gasteiger charge is -2.29. The van der Waals surface area contributed by atoms with E-state index in [-0.39, 0.29) is 17.2 Å². The largest absolute Gasteiger partial charge is 0.503 e. The highest BCUT2D eigenvalue weighted by molar-refractivity contribution is 6.17. The lowest BCUT2D eigenvalue weighted by molar-refractivity contribution is -0.123. The lowest BCUT2D eigenvalue weighted by Crippen LogP contribution is -2.33. The van der Waals surface area contributed by atoms with E-state index in [4.69, 9.17) is 9.26 Å². The number of methoxy groups -OCH3 is 1. The average molecular weight is 448 g/mol. The molecule has 9 nitrogen and oxygen atoms in total. The number of aliphatic hydroxyl groups is 1. The van der Waals surface area contributed by atoms with Gasteiger partial charge in [-0.05, 0) is 43.3 Å². The van der Waals surface area contributed by atoms with Crippen LogP contribution in [0.5, 0.6) is 5.88 Å². The van der Waals surface area contributed by atoms with Gasteiger partial charge in [0.1, 0.15) is 6.04 Å². The molecule has 3 heterocycles. The van der Waals surface area contributed by atoms with Gasteiger partial charge in [0.05, 0.1) is 12.7 Å². The molecule has 4 rings (SSSR count). The highest BCUT2D eigenvalue weighted by atomic mass is 16.5. The van der Waals surface area contributed by atoms with E-state index in [1.807, 2.05) is 0 Å². The van der Waals surface area contributed by atoms with Crippen LogP contribution in [0.1, 0.15) is 38.2 Å². The molecule has 0 fully saturated rings. The van der Waals surface area contributed by atoms with Crippen LogP contribution in [0.25, 0.3) is 11.5 Å². The number of ketones is 1. The van der Waals surface area contributed by atoms with Gasteiger partial charge >= 0.3 is 0 Å². The van der Waals surface area contributed by atoms with Gasteiger partial charge in [-0.3, -0.25) is 14.5 Å². The Morgan fingerprint density at radius 1 is 1.18 bits per heavy atom. The van der Waals surface area contributed by atoms with Crippen molar-refractivity contribution in [3.8, 4) is 17.3 Å². The fourth-order valence-corrected chi connectivity index (χ4v) is 3.76. The molecule has 1 aliphatic rings. The first kappa shape index (κ1) is 22.2. The molecule has 0 saturated carbocycles. The van der Waals surface area contributed by atoms with Crippen molar-refractivity contribution >= 4 is 17.4 Å². The summed E-state index contributed by atoms with van der Waals surface area (Å²) in [7, 11) is 1.46. The fourth-order valence-electron chi connectivity index (χ4n) is 3.76. The first-order valence-electron chi connectivity index (χ1n) is 10.3. The van der Waals surface area contributed by atoms with Crippen molar-refractivity contribution in [2.24, 2.45) is 5.41 Å². The summed E-state index contributed by atoms with van der Waals surface area (Å²) in [5.41, 5.74) is 0.813. The van der Waals surface area contributed by atoms with Gasteiger partial charge in [0, 0.05) is 28.4 Å². The van der Waals surface area contributed by atoms with Crippen LogP contribution in [0, 0.1) is 12.3 Å². The third-order valence-electron chi connectivity index (χ3n) is 5.34. The molecule has 0 radical (unpaired) electrons. The average Bonchev–Trinajstić information content (AvgIpc) is 3.34. The van der Waals surface area contributed by atoms with Crippen LogP contribution in [-0.4, -0.2) is 39.0 Å². The Balaban J connectivity index is 1.84. The first-order chi connectivity index (χ1) is 15.6. The van der Waals surface area contributed by atoms with Gasteiger partial charge in [0.15, 0.2) is 17.4 Å². The van der Waals surface area contributed by atoms with Crippen molar-refractivity contribution < 1.29 is 24.0 Å². The summed E-state index contributed by atoms with van der Waals surface area (Å²) < 4.78 is 10.6. The number of ether oxygens (including phenoxy) is 1. The topological polar surface area (TPSA) is 119 Å². The van der Waals surface area contributed by atoms with E-state index >= 15 is 0 Å². The molecule has 1 unspecified atom stereocenters. The molecule has 0 saturated heterocycles. The second-order valence-electron chi connectivity index (χ2n) is 8.71. The molecule has 0 bridgehead atoms. The molecule has 1 aliphatic heterocycles. The number of aromatic nitrogens is 3. The van der Waals surface area contributed by atoms with E-state index in [1.165, 1.54) is 12.0 Å². The molecule has 1 aromatic carbocycles. The van der Waals surface area contributed by atoms with Crippen LogP contribution in [-0.2, 0) is 9.59 Å². The van der Waals surface area contributed by atoms with Gasteiger partial charge in [-0.1, -0.05) is 25.9 Å². The van der Waals surface area contributed by atoms with E-state index in [1.54, 1.807) is 70.3 Å². The molecule has 0 aliphatic carbocycles. The molecule has 0 spiro atoms. The van der Waals surface area contributed by atoms with Gasteiger partial charge in [0.25, 0.3) is 11.8 Å². The molecule has 1 N–H and O–H groups in total. The number of pyridine rings is 1. The van der Waals surface area contributed by atoms with E-state index < -0.39 is 23.1 Å².